The molecule has 104 valence electrons. The molecule has 2 N–H and O–H groups in total. The number of aryl methyl sites for hydroxylation is 1. The molecule has 0 aliphatic rings. The summed E-state index contributed by atoms with van der Waals surface area (Å²) >= 11 is 16.5. The number of aromatic hydroxyl groups is 1. The van der Waals surface area contributed by atoms with Gasteiger partial charge in [0.05, 0.1) is 11.2 Å². The summed E-state index contributed by atoms with van der Waals surface area (Å²) in [5.74, 6) is -0.187. The first-order valence-corrected chi connectivity index (χ1v) is 6.47. The molecule has 0 fully saturated rings. The van der Waals surface area contributed by atoms with E-state index in [9.17, 15) is 9.90 Å². The van der Waals surface area contributed by atoms with Crippen molar-refractivity contribution in [3.8, 4) is 5.75 Å². The van der Waals surface area contributed by atoms with Crippen LogP contribution in [0.3, 0.4) is 0 Å². The Labute approximate surface area is 128 Å². The Hall–Kier alpha value is -1.70. The minimum atomic E-state index is -0.461. The van der Waals surface area contributed by atoms with Gasteiger partial charge in [-0.25, -0.2) is 0 Å². The van der Waals surface area contributed by atoms with Crippen molar-refractivity contribution in [1.82, 2.24) is 14.9 Å². The van der Waals surface area contributed by atoms with Gasteiger partial charge in [0.25, 0.3) is 5.56 Å². The lowest BCUT2D eigenvalue weighted by molar-refractivity contribution is 0.474. The van der Waals surface area contributed by atoms with Gasteiger partial charge in [0.2, 0.25) is 4.77 Å². The molecule has 0 saturated carbocycles. The number of benzene rings is 1. The molecule has 0 bridgehead atoms. The number of aromatic nitrogens is 3. The smallest absolute Gasteiger partial charge is 0.296 e. The Bertz CT molecular complexity index is 813. The number of nitrogens with zero attached hydrogens (tertiary/aromatic N) is 3. The summed E-state index contributed by atoms with van der Waals surface area (Å²) in [6.45, 7) is 1.52. The van der Waals surface area contributed by atoms with Gasteiger partial charge >= 0.3 is 0 Å². The zero-order valence-corrected chi connectivity index (χ0v) is 12.4. The van der Waals surface area contributed by atoms with Gasteiger partial charge in [-0.2, -0.15) is 14.9 Å². The predicted octanol–water partition coefficient (Wildman–Crippen LogP) is 2.50. The van der Waals surface area contributed by atoms with Gasteiger partial charge in [0, 0.05) is 10.6 Å². The minimum Gasteiger partial charge on any atom is -0.506 e. The highest BCUT2D eigenvalue weighted by Crippen LogP contribution is 2.29. The average Bonchev–Trinajstić information content (AvgIpc) is 2.39. The van der Waals surface area contributed by atoms with E-state index in [1.54, 1.807) is 0 Å². The fraction of sp³-hybridized carbons (Fsp3) is 0.0909. The molecular weight excluding hydrogens is 323 g/mol. The van der Waals surface area contributed by atoms with E-state index in [0.29, 0.717) is 5.02 Å². The average molecular weight is 331 g/mol. The van der Waals surface area contributed by atoms with Crippen LogP contribution in [0.4, 0.5) is 0 Å². The van der Waals surface area contributed by atoms with Crippen LogP contribution in [-0.2, 0) is 0 Å². The maximum atomic E-state index is 11.8. The van der Waals surface area contributed by atoms with Crippen molar-refractivity contribution in [2.45, 2.75) is 6.92 Å². The molecule has 0 saturated heterocycles. The molecule has 0 amide bonds. The summed E-state index contributed by atoms with van der Waals surface area (Å²) in [6, 6.07) is 2.85. The summed E-state index contributed by atoms with van der Waals surface area (Å²) in [5, 5.41) is 20.3. The van der Waals surface area contributed by atoms with Crippen LogP contribution >= 0.6 is 35.4 Å². The molecule has 1 heterocycles. The molecule has 0 spiro atoms. The van der Waals surface area contributed by atoms with Crippen LogP contribution < -0.4 is 5.56 Å². The first kappa shape index (κ1) is 14.7. The zero-order chi connectivity index (χ0) is 14.9. The van der Waals surface area contributed by atoms with E-state index in [0.717, 1.165) is 4.68 Å². The third-order valence-corrected chi connectivity index (χ3v) is 3.15. The van der Waals surface area contributed by atoms with Crippen LogP contribution in [0, 0.1) is 11.7 Å². The van der Waals surface area contributed by atoms with Crippen molar-refractivity contribution in [1.29, 1.82) is 0 Å². The number of aromatic amines is 1. The molecule has 2 rings (SSSR count). The van der Waals surface area contributed by atoms with E-state index in [2.05, 4.69) is 15.3 Å². The molecule has 1 aromatic carbocycles. The fourth-order valence-corrected chi connectivity index (χ4v) is 2.07. The molecule has 0 radical (unpaired) electrons. The topological polar surface area (TPSA) is 83.3 Å². The molecule has 9 heteroatoms. The molecule has 0 atom stereocenters. The Kier molecular flexibility index (Phi) is 4.22. The number of H-pyrrole nitrogens is 1. The van der Waals surface area contributed by atoms with E-state index in [4.69, 9.17) is 35.4 Å². The maximum Gasteiger partial charge on any atom is 0.296 e. The molecule has 0 aliphatic carbocycles. The van der Waals surface area contributed by atoms with E-state index in [-0.39, 0.29) is 26.8 Å². The van der Waals surface area contributed by atoms with E-state index < -0.39 is 5.56 Å². The van der Waals surface area contributed by atoms with E-state index >= 15 is 0 Å². The summed E-state index contributed by atoms with van der Waals surface area (Å²) in [6.07, 6.45) is 1.23. The van der Waals surface area contributed by atoms with Crippen LogP contribution in [0.2, 0.25) is 10.0 Å². The second-order valence-electron chi connectivity index (χ2n) is 3.80. The largest absolute Gasteiger partial charge is 0.506 e. The third-order valence-electron chi connectivity index (χ3n) is 2.38. The SMILES string of the molecule is Cc1n[nH]c(=S)n(/N=C/c2cc(Cl)cc(Cl)c2O)c1=O. The molecule has 0 unspecified atom stereocenters. The van der Waals surface area contributed by atoms with Crippen molar-refractivity contribution in [3.05, 3.63) is 48.6 Å². The first-order valence-electron chi connectivity index (χ1n) is 5.31. The number of phenolic OH excluding ortho intramolecular Hbond substituents is 1. The molecule has 0 aliphatic heterocycles. The minimum absolute atomic E-state index is 0.0319. The molecule has 20 heavy (non-hydrogen) atoms. The van der Waals surface area contributed by atoms with Crippen LogP contribution in [-0.4, -0.2) is 26.2 Å². The normalized spacial score (nSPS) is 11.2. The van der Waals surface area contributed by atoms with Crippen LogP contribution in [0.15, 0.2) is 22.0 Å². The highest BCUT2D eigenvalue weighted by molar-refractivity contribution is 7.71. The monoisotopic (exact) mass is 330 g/mol. The highest BCUT2D eigenvalue weighted by atomic mass is 35.5. The Morgan fingerprint density at radius 3 is 2.90 bits per heavy atom. The van der Waals surface area contributed by atoms with Crippen molar-refractivity contribution < 1.29 is 5.11 Å². The van der Waals surface area contributed by atoms with Gasteiger partial charge < -0.3 is 5.11 Å². The van der Waals surface area contributed by atoms with E-state index in [1.807, 2.05) is 0 Å². The lowest BCUT2D eigenvalue weighted by Gasteiger charge is -2.03. The summed E-state index contributed by atoms with van der Waals surface area (Å²) in [7, 11) is 0. The molecule has 2 aromatic rings. The Morgan fingerprint density at radius 1 is 1.50 bits per heavy atom. The summed E-state index contributed by atoms with van der Waals surface area (Å²) in [4.78, 5) is 11.8. The maximum absolute atomic E-state index is 11.8. The van der Waals surface area contributed by atoms with Gasteiger partial charge in [-0.1, -0.05) is 23.2 Å². The zero-order valence-electron chi connectivity index (χ0n) is 10.1. The fourth-order valence-electron chi connectivity index (χ4n) is 1.38. The second-order valence-corrected chi connectivity index (χ2v) is 5.03. The lowest BCUT2D eigenvalue weighted by Crippen LogP contribution is -2.22. The van der Waals surface area contributed by atoms with Crippen molar-refractivity contribution in [2.75, 3.05) is 0 Å². The van der Waals surface area contributed by atoms with Gasteiger partial charge in [-0.05, 0) is 31.3 Å². The van der Waals surface area contributed by atoms with Crippen LogP contribution in [0.1, 0.15) is 11.3 Å². The standard InChI is InChI=1S/C11H8Cl2N4O2S/c1-5-10(19)17(11(20)16-15-5)14-4-6-2-7(12)3-8(13)9(6)18/h2-4,18H,1H3,(H,16,20)/b14-4+. The molecular formula is C11H8Cl2N4O2S. The number of hydrogen-bond acceptors (Lipinski definition) is 5. The molecule has 1 aromatic heterocycles. The van der Waals surface area contributed by atoms with Gasteiger partial charge in [-0.3, -0.25) is 9.89 Å². The quantitative estimate of drug-likeness (QED) is 0.654. The second kappa shape index (κ2) is 5.74. The Morgan fingerprint density at radius 2 is 2.20 bits per heavy atom. The Balaban J connectivity index is 2.53. The van der Waals surface area contributed by atoms with E-state index in [1.165, 1.54) is 25.3 Å². The van der Waals surface area contributed by atoms with Gasteiger partial charge in [-0.15, -0.1) is 0 Å². The first-order chi connectivity index (χ1) is 9.40. The number of halogens is 2. The number of nitrogens with one attached hydrogen (secondary N) is 1. The highest BCUT2D eigenvalue weighted by Gasteiger charge is 2.07. The lowest BCUT2D eigenvalue weighted by atomic mass is 10.2. The summed E-state index contributed by atoms with van der Waals surface area (Å²) in [5.41, 5.74) is 0.0139. The van der Waals surface area contributed by atoms with Gasteiger partial charge in [0.1, 0.15) is 11.4 Å². The van der Waals surface area contributed by atoms with Crippen molar-refractivity contribution >= 4 is 41.6 Å². The van der Waals surface area contributed by atoms with Crippen molar-refractivity contribution in [3.63, 3.8) is 0 Å². The predicted molar refractivity (Wildman–Crippen MR) is 79.5 cm³/mol. The molecule has 6 nitrogen and oxygen atoms in total. The van der Waals surface area contributed by atoms with Crippen molar-refractivity contribution in [2.24, 2.45) is 5.10 Å². The van der Waals surface area contributed by atoms with Crippen LogP contribution in [0.5, 0.6) is 5.75 Å². The number of hydrogen-bond donors (Lipinski definition) is 2. The number of phenols is 1. The third kappa shape index (κ3) is 2.90. The van der Waals surface area contributed by atoms with Crippen LogP contribution in [0.25, 0.3) is 0 Å². The summed E-state index contributed by atoms with van der Waals surface area (Å²) < 4.78 is 0.982. The van der Waals surface area contributed by atoms with Gasteiger partial charge in [0.15, 0.2) is 0 Å². The number of rotatable bonds is 2.